The van der Waals surface area contributed by atoms with Gasteiger partial charge in [0.2, 0.25) is 15.9 Å². The first-order valence-electron chi connectivity index (χ1n) is 7.87. The number of aromatic nitrogens is 2. The summed E-state index contributed by atoms with van der Waals surface area (Å²) in [5.41, 5.74) is 2.86. The highest BCUT2D eigenvalue weighted by Crippen LogP contribution is 2.13. The van der Waals surface area contributed by atoms with Gasteiger partial charge in [-0.15, -0.1) is 0 Å². The number of hydrogen-bond donors (Lipinski definition) is 2. The summed E-state index contributed by atoms with van der Waals surface area (Å²) in [6.45, 7) is 0. The first kappa shape index (κ1) is 17.8. The third-order valence-electron chi connectivity index (χ3n) is 3.63. The maximum absolute atomic E-state index is 12.2. The first-order chi connectivity index (χ1) is 12.4. The normalized spacial score (nSPS) is 11.3. The van der Waals surface area contributed by atoms with Crippen LogP contribution in [-0.2, 0) is 27.0 Å². The van der Waals surface area contributed by atoms with Gasteiger partial charge in [0.1, 0.15) is 0 Å². The second kappa shape index (κ2) is 7.51. The van der Waals surface area contributed by atoms with E-state index in [2.05, 4.69) is 10.4 Å². The lowest BCUT2D eigenvalue weighted by molar-refractivity contribution is -0.115. The van der Waals surface area contributed by atoms with Gasteiger partial charge in [-0.3, -0.25) is 4.79 Å². The Bertz CT molecular complexity index is 996. The van der Waals surface area contributed by atoms with Crippen LogP contribution in [0.3, 0.4) is 0 Å². The Balaban J connectivity index is 1.60. The molecule has 0 radical (unpaired) electrons. The van der Waals surface area contributed by atoms with Crippen molar-refractivity contribution in [3.63, 3.8) is 0 Å². The van der Waals surface area contributed by atoms with E-state index >= 15 is 0 Å². The van der Waals surface area contributed by atoms with Crippen LogP contribution in [0.25, 0.3) is 5.69 Å². The summed E-state index contributed by atoms with van der Waals surface area (Å²) in [4.78, 5) is 12.2. The van der Waals surface area contributed by atoms with Crippen LogP contribution in [0.1, 0.15) is 11.1 Å². The number of primary sulfonamides is 1. The van der Waals surface area contributed by atoms with Gasteiger partial charge in [0, 0.05) is 11.9 Å². The molecule has 0 fully saturated rings. The predicted octanol–water partition coefficient (Wildman–Crippen LogP) is 1.84. The summed E-state index contributed by atoms with van der Waals surface area (Å²) < 4.78 is 23.9. The second-order valence-electron chi connectivity index (χ2n) is 5.86. The Morgan fingerprint density at radius 1 is 1.04 bits per heavy atom. The minimum Gasteiger partial charge on any atom is -0.326 e. The third-order valence-corrected chi connectivity index (χ3v) is 4.36. The SMILES string of the molecule is NS(=O)(=O)Cc1ccc(NC(=O)Cc2cnn(-c3ccccc3)c2)cc1. The molecule has 0 saturated carbocycles. The van der Waals surface area contributed by atoms with E-state index in [-0.39, 0.29) is 18.1 Å². The molecule has 1 heterocycles. The number of nitrogens with two attached hydrogens (primary N) is 1. The minimum atomic E-state index is -3.57. The largest absolute Gasteiger partial charge is 0.326 e. The van der Waals surface area contributed by atoms with E-state index in [0.29, 0.717) is 11.3 Å². The number of rotatable bonds is 6. The molecule has 7 nitrogen and oxygen atoms in total. The average Bonchev–Trinajstić information content (AvgIpc) is 3.04. The predicted molar refractivity (Wildman–Crippen MR) is 99.2 cm³/mol. The number of nitrogens with zero attached hydrogens (tertiary/aromatic N) is 2. The number of anilines is 1. The standard InChI is InChI=1S/C18H18N4O3S/c19-26(24,25)13-14-6-8-16(9-7-14)21-18(23)10-15-11-20-22(12-15)17-4-2-1-3-5-17/h1-9,11-12H,10,13H2,(H,21,23)(H2,19,24,25). The number of carbonyl (C=O) groups excluding carboxylic acids is 1. The molecule has 134 valence electrons. The molecule has 0 aliphatic carbocycles. The Hall–Kier alpha value is -2.97. The number of sulfonamides is 1. The van der Waals surface area contributed by atoms with Crippen LogP contribution in [0.4, 0.5) is 5.69 Å². The molecule has 1 aromatic heterocycles. The Morgan fingerprint density at radius 2 is 1.73 bits per heavy atom. The lowest BCUT2D eigenvalue weighted by Gasteiger charge is -2.05. The summed E-state index contributed by atoms with van der Waals surface area (Å²) in [7, 11) is -3.57. The van der Waals surface area contributed by atoms with Gasteiger partial charge < -0.3 is 5.32 Å². The van der Waals surface area contributed by atoms with Crippen LogP contribution >= 0.6 is 0 Å². The molecule has 0 atom stereocenters. The Kier molecular flexibility index (Phi) is 5.15. The average molecular weight is 370 g/mol. The molecule has 26 heavy (non-hydrogen) atoms. The van der Waals surface area contributed by atoms with E-state index in [1.165, 1.54) is 0 Å². The van der Waals surface area contributed by atoms with E-state index < -0.39 is 10.0 Å². The first-order valence-corrected chi connectivity index (χ1v) is 9.59. The van der Waals surface area contributed by atoms with Gasteiger partial charge in [-0.1, -0.05) is 30.3 Å². The molecule has 0 aliphatic heterocycles. The molecule has 3 rings (SSSR count). The summed E-state index contributed by atoms with van der Waals surface area (Å²) in [5.74, 6) is -0.420. The van der Waals surface area contributed by atoms with Crippen LogP contribution in [0, 0.1) is 0 Å². The highest BCUT2D eigenvalue weighted by molar-refractivity contribution is 7.88. The summed E-state index contributed by atoms with van der Waals surface area (Å²) >= 11 is 0. The van der Waals surface area contributed by atoms with Crippen LogP contribution in [0.15, 0.2) is 67.0 Å². The quantitative estimate of drug-likeness (QED) is 0.690. The topological polar surface area (TPSA) is 107 Å². The highest BCUT2D eigenvalue weighted by Gasteiger charge is 2.08. The maximum Gasteiger partial charge on any atom is 0.228 e. The molecule has 0 aliphatic rings. The Morgan fingerprint density at radius 3 is 2.38 bits per heavy atom. The van der Waals surface area contributed by atoms with Gasteiger partial charge in [-0.25, -0.2) is 18.2 Å². The maximum atomic E-state index is 12.2. The molecule has 0 unspecified atom stereocenters. The van der Waals surface area contributed by atoms with Crippen molar-refractivity contribution in [2.24, 2.45) is 5.14 Å². The lowest BCUT2D eigenvalue weighted by atomic mass is 10.2. The zero-order valence-electron chi connectivity index (χ0n) is 13.9. The number of nitrogens with one attached hydrogen (secondary N) is 1. The molecule has 0 saturated heterocycles. The van der Waals surface area contributed by atoms with Gasteiger partial charge >= 0.3 is 0 Å². The van der Waals surface area contributed by atoms with Crippen molar-refractivity contribution in [1.82, 2.24) is 9.78 Å². The third kappa shape index (κ3) is 5.01. The van der Waals surface area contributed by atoms with E-state index in [0.717, 1.165) is 11.3 Å². The van der Waals surface area contributed by atoms with Crippen molar-refractivity contribution in [3.05, 3.63) is 78.1 Å². The van der Waals surface area contributed by atoms with E-state index in [1.807, 2.05) is 36.5 Å². The van der Waals surface area contributed by atoms with Crippen LogP contribution in [0.5, 0.6) is 0 Å². The molecule has 2 aromatic carbocycles. The van der Waals surface area contributed by atoms with Gasteiger partial charge in [0.15, 0.2) is 0 Å². The summed E-state index contributed by atoms with van der Waals surface area (Å²) in [6, 6.07) is 16.2. The van der Waals surface area contributed by atoms with Crippen LogP contribution < -0.4 is 10.5 Å². The number of benzene rings is 2. The molecule has 0 spiro atoms. The molecular weight excluding hydrogens is 352 g/mol. The van der Waals surface area contributed by atoms with Crippen molar-refractivity contribution < 1.29 is 13.2 Å². The number of para-hydroxylation sites is 1. The fraction of sp³-hybridized carbons (Fsp3) is 0.111. The number of carbonyl (C=O) groups is 1. The summed E-state index contributed by atoms with van der Waals surface area (Å²) in [6.07, 6.45) is 3.65. The van der Waals surface area contributed by atoms with Crippen molar-refractivity contribution in [1.29, 1.82) is 0 Å². The van der Waals surface area contributed by atoms with Crippen molar-refractivity contribution in [2.45, 2.75) is 12.2 Å². The number of hydrogen-bond acceptors (Lipinski definition) is 4. The molecule has 0 bridgehead atoms. The second-order valence-corrected chi connectivity index (χ2v) is 7.47. The molecular formula is C18H18N4O3S. The molecule has 1 amide bonds. The van der Waals surface area contributed by atoms with Gasteiger partial charge in [-0.2, -0.15) is 5.10 Å². The molecule has 3 N–H and O–H groups in total. The van der Waals surface area contributed by atoms with Gasteiger partial charge in [0.05, 0.1) is 24.1 Å². The van der Waals surface area contributed by atoms with Crippen molar-refractivity contribution >= 4 is 21.6 Å². The highest BCUT2D eigenvalue weighted by atomic mass is 32.2. The van der Waals surface area contributed by atoms with Crippen molar-refractivity contribution in [3.8, 4) is 5.69 Å². The number of amides is 1. The van der Waals surface area contributed by atoms with Crippen molar-refractivity contribution in [2.75, 3.05) is 5.32 Å². The lowest BCUT2D eigenvalue weighted by Crippen LogP contribution is -2.15. The van der Waals surface area contributed by atoms with Crippen LogP contribution in [0.2, 0.25) is 0 Å². The van der Waals surface area contributed by atoms with Gasteiger partial charge in [0.25, 0.3) is 0 Å². The van der Waals surface area contributed by atoms with Gasteiger partial charge in [-0.05, 0) is 35.4 Å². The monoisotopic (exact) mass is 370 g/mol. The summed E-state index contributed by atoms with van der Waals surface area (Å²) in [5, 5.41) is 12.0. The van der Waals surface area contributed by atoms with E-state index in [9.17, 15) is 13.2 Å². The zero-order chi connectivity index (χ0) is 18.6. The fourth-order valence-electron chi connectivity index (χ4n) is 2.48. The smallest absolute Gasteiger partial charge is 0.228 e. The van der Waals surface area contributed by atoms with Crippen LogP contribution in [-0.4, -0.2) is 24.1 Å². The van der Waals surface area contributed by atoms with E-state index in [1.54, 1.807) is 35.1 Å². The molecule has 3 aromatic rings. The Labute approximate surface area is 151 Å². The minimum absolute atomic E-state index is 0.184. The zero-order valence-corrected chi connectivity index (χ0v) is 14.7. The fourth-order valence-corrected chi connectivity index (χ4v) is 3.14. The van der Waals surface area contributed by atoms with E-state index in [4.69, 9.17) is 5.14 Å². The molecule has 8 heteroatoms.